The highest BCUT2D eigenvalue weighted by Gasteiger charge is 2.30. The maximum atomic E-state index is 12.2. The SMILES string of the molecule is CC(=O)Nc1ccc2n(c1=O)C(C)(C)CC2. The van der Waals surface area contributed by atoms with Gasteiger partial charge in [-0.3, -0.25) is 9.59 Å². The van der Waals surface area contributed by atoms with Gasteiger partial charge < -0.3 is 9.88 Å². The van der Waals surface area contributed by atoms with Crippen LogP contribution >= 0.6 is 0 Å². The normalized spacial score (nSPS) is 16.9. The molecule has 1 N–H and O–H groups in total. The molecule has 0 saturated carbocycles. The molecule has 1 aromatic heterocycles. The van der Waals surface area contributed by atoms with Gasteiger partial charge in [0, 0.05) is 18.2 Å². The summed E-state index contributed by atoms with van der Waals surface area (Å²) in [5.41, 5.74) is 1.16. The highest BCUT2D eigenvalue weighted by molar-refractivity contribution is 5.88. The number of amides is 1. The number of aromatic nitrogens is 1. The van der Waals surface area contributed by atoms with Crippen LogP contribution in [0.5, 0.6) is 0 Å². The third-order valence-corrected chi connectivity index (χ3v) is 3.07. The summed E-state index contributed by atoms with van der Waals surface area (Å²) in [6.07, 6.45) is 1.88. The number of nitrogens with zero attached hydrogens (tertiary/aromatic N) is 1. The molecule has 1 amide bonds. The lowest BCUT2D eigenvalue weighted by molar-refractivity contribution is -0.114. The van der Waals surface area contributed by atoms with Gasteiger partial charge in [0.05, 0.1) is 0 Å². The quantitative estimate of drug-likeness (QED) is 0.779. The minimum absolute atomic E-state index is 0.102. The summed E-state index contributed by atoms with van der Waals surface area (Å²) < 4.78 is 1.79. The molecule has 0 aliphatic carbocycles. The Kier molecular flexibility index (Phi) is 2.37. The van der Waals surface area contributed by atoms with Crippen molar-refractivity contribution in [1.82, 2.24) is 4.57 Å². The van der Waals surface area contributed by atoms with Crippen molar-refractivity contribution >= 4 is 11.6 Å². The van der Waals surface area contributed by atoms with E-state index in [4.69, 9.17) is 0 Å². The number of fused-ring (bicyclic) bond motifs is 1. The predicted octanol–water partition coefficient (Wildman–Crippen LogP) is 1.49. The van der Waals surface area contributed by atoms with E-state index in [-0.39, 0.29) is 17.0 Å². The molecule has 16 heavy (non-hydrogen) atoms. The van der Waals surface area contributed by atoms with E-state index >= 15 is 0 Å². The lowest BCUT2D eigenvalue weighted by Crippen LogP contribution is -2.34. The molecule has 0 spiro atoms. The molecule has 1 aromatic rings. The van der Waals surface area contributed by atoms with Crippen molar-refractivity contribution in [3.63, 3.8) is 0 Å². The van der Waals surface area contributed by atoms with Crippen molar-refractivity contribution in [3.05, 3.63) is 28.2 Å². The number of rotatable bonds is 1. The van der Waals surface area contributed by atoms with Gasteiger partial charge in [-0.15, -0.1) is 0 Å². The molecular formula is C12H16N2O2. The summed E-state index contributed by atoms with van der Waals surface area (Å²) in [5.74, 6) is -0.214. The number of pyridine rings is 1. The van der Waals surface area contributed by atoms with Crippen LogP contribution in [-0.4, -0.2) is 10.5 Å². The maximum absolute atomic E-state index is 12.2. The lowest BCUT2D eigenvalue weighted by atomic mass is 10.0. The van der Waals surface area contributed by atoms with E-state index in [1.54, 1.807) is 10.6 Å². The van der Waals surface area contributed by atoms with Crippen LogP contribution in [-0.2, 0) is 16.8 Å². The van der Waals surface area contributed by atoms with Crippen molar-refractivity contribution in [2.45, 2.75) is 39.2 Å². The number of anilines is 1. The van der Waals surface area contributed by atoms with Crippen LogP contribution in [0.3, 0.4) is 0 Å². The van der Waals surface area contributed by atoms with Crippen LogP contribution in [0.4, 0.5) is 5.69 Å². The molecule has 0 bridgehead atoms. The number of carbonyl (C=O) groups excluding carboxylic acids is 1. The molecule has 0 fully saturated rings. The number of nitrogens with one attached hydrogen (secondary N) is 1. The van der Waals surface area contributed by atoms with Crippen LogP contribution in [0.25, 0.3) is 0 Å². The zero-order valence-electron chi connectivity index (χ0n) is 9.83. The van der Waals surface area contributed by atoms with Gasteiger partial charge in [-0.2, -0.15) is 0 Å². The van der Waals surface area contributed by atoms with E-state index in [9.17, 15) is 9.59 Å². The Morgan fingerprint density at radius 2 is 2.12 bits per heavy atom. The molecule has 0 atom stereocenters. The molecule has 2 rings (SSSR count). The lowest BCUT2D eigenvalue weighted by Gasteiger charge is -2.22. The minimum atomic E-state index is -0.214. The fraction of sp³-hybridized carbons (Fsp3) is 0.500. The summed E-state index contributed by atoms with van der Waals surface area (Å²) in [6.45, 7) is 5.49. The average Bonchev–Trinajstić information content (AvgIpc) is 2.47. The Balaban J connectivity index is 2.56. The minimum Gasteiger partial charge on any atom is -0.322 e. The smallest absolute Gasteiger partial charge is 0.275 e. The number of aryl methyl sites for hydroxylation is 1. The maximum Gasteiger partial charge on any atom is 0.275 e. The Labute approximate surface area is 94.3 Å². The van der Waals surface area contributed by atoms with Crippen LogP contribution < -0.4 is 10.9 Å². The van der Waals surface area contributed by atoms with Crippen molar-refractivity contribution in [2.24, 2.45) is 0 Å². The Morgan fingerprint density at radius 1 is 1.44 bits per heavy atom. The van der Waals surface area contributed by atoms with Crippen LogP contribution in [0, 0.1) is 0 Å². The van der Waals surface area contributed by atoms with Crippen LogP contribution in [0.15, 0.2) is 16.9 Å². The van der Waals surface area contributed by atoms with Gasteiger partial charge in [-0.05, 0) is 38.8 Å². The van der Waals surface area contributed by atoms with E-state index in [2.05, 4.69) is 5.32 Å². The van der Waals surface area contributed by atoms with E-state index in [1.165, 1.54) is 6.92 Å². The summed E-state index contributed by atoms with van der Waals surface area (Å²) in [4.78, 5) is 23.1. The van der Waals surface area contributed by atoms with Crippen molar-refractivity contribution in [3.8, 4) is 0 Å². The van der Waals surface area contributed by atoms with Crippen LogP contribution in [0.2, 0.25) is 0 Å². The van der Waals surface area contributed by atoms with Gasteiger partial charge in [0.25, 0.3) is 5.56 Å². The van der Waals surface area contributed by atoms with Crippen molar-refractivity contribution in [1.29, 1.82) is 0 Å². The van der Waals surface area contributed by atoms with Gasteiger partial charge in [-0.1, -0.05) is 0 Å². The molecule has 0 radical (unpaired) electrons. The summed E-state index contributed by atoms with van der Waals surface area (Å²) in [5, 5.41) is 2.57. The first-order valence-corrected chi connectivity index (χ1v) is 5.45. The third-order valence-electron chi connectivity index (χ3n) is 3.07. The molecule has 2 heterocycles. The van der Waals surface area contributed by atoms with Gasteiger partial charge in [-0.25, -0.2) is 0 Å². The number of hydrogen-bond acceptors (Lipinski definition) is 2. The highest BCUT2D eigenvalue weighted by Crippen LogP contribution is 2.29. The van der Waals surface area contributed by atoms with Gasteiger partial charge >= 0.3 is 0 Å². The fourth-order valence-corrected chi connectivity index (χ4v) is 2.27. The Bertz CT molecular complexity index is 500. The molecule has 86 valence electrons. The molecule has 1 aliphatic heterocycles. The van der Waals surface area contributed by atoms with Gasteiger partial charge in [0.1, 0.15) is 5.69 Å². The molecule has 4 heteroatoms. The highest BCUT2D eigenvalue weighted by atomic mass is 16.2. The molecule has 4 nitrogen and oxygen atoms in total. The largest absolute Gasteiger partial charge is 0.322 e. The molecule has 0 saturated heterocycles. The fourth-order valence-electron chi connectivity index (χ4n) is 2.27. The molecule has 1 aliphatic rings. The topological polar surface area (TPSA) is 51.1 Å². The van der Waals surface area contributed by atoms with Gasteiger partial charge in [0.2, 0.25) is 5.91 Å². The van der Waals surface area contributed by atoms with E-state index < -0.39 is 0 Å². The first-order chi connectivity index (χ1) is 7.42. The van der Waals surface area contributed by atoms with E-state index in [0.29, 0.717) is 5.69 Å². The first kappa shape index (κ1) is 10.9. The standard InChI is InChI=1S/C12H16N2O2/c1-8(15)13-10-5-4-9-6-7-12(2,3)14(9)11(10)16/h4-5H,6-7H2,1-3H3,(H,13,15). The van der Waals surface area contributed by atoms with E-state index in [0.717, 1.165) is 18.5 Å². The predicted molar refractivity (Wildman–Crippen MR) is 62.6 cm³/mol. The second-order valence-corrected chi connectivity index (χ2v) is 4.87. The zero-order valence-corrected chi connectivity index (χ0v) is 9.83. The van der Waals surface area contributed by atoms with Crippen molar-refractivity contribution < 1.29 is 4.79 Å². The Hall–Kier alpha value is -1.58. The summed E-state index contributed by atoms with van der Waals surface area (Å²) >= 11 is 0. The van der Waals surface area contributed by atoms with Crippen LogP contribution in [0.1, 0.15) is 32.9 Å². The monoisotopic (exact) mass is 220 g/mol. The Morgan fingerprint density at radius 3 is 2.75 bits per heavy atom. The second-order valence-electron chi connectivity index (χ2n) is 4.87. The average molecular weight is 220 g/mol. The molecule has 0 unspecified atom stereocenters. The molecular weight excluding hydrogens is 204 g/mol. The molecule has 0 aromatic carbocycles. The summed E-state index contributed by atoms with van der Waals surface area (Å²) in [7, 11) is 0. The second kappa shape index (κ2) is 3.47. The number of hydrogen-bond donors (Lipinski definition) is 1. The first-order valence-electron chi connectivity index (χ1n) is 5.45. The third kappa shape index (κ3) is 1.64. The van der Waals surface area contributed by atoms with Gasteiger partial charge in [0.15, 0.2) is 0 Å². The van der Waals surface area contributed by atoms with Crippen molar-refractivity contribution in [2.75, 3.05) is 5.32 Å². The zero-order chi connectivity index (χ0) is 11.9. The summed E-state index contributed by atoms with van der Waals surface area (Å²) in [6, 6.07) is 3.61. The number of carbonyl (C=O) groups is 1. The van der Waals surface area contributed by atoms with E-state index in [1.807, 2.05) is 19.9 Å².